The van der Waals surface area contributed by atoms with Crippen LogP contribution in [-0.4, -0.2) is 22.0 Å². The molecular weight excluding hydrogens is 238 g/mol. The summed E-state index contributed by atoms with van der Waals surface area (Å²) in [6.07, 6.45) is 1.32. The van der Waals surface area contributed by atoms with Gasteiger partial charge in [-0.05, 0) is 6.92 Å². The molecule has 1 aliphatic heterocycles. The van der Waals surface area contributed by atoms with Gasteiger partial charge >= 0.3 is 0 Å². The Morgan fingerprint density at radius 3 is 2.29 bits per heavy atom. The molecule has 1 aromatic rings. The zero-order valence-electron chi connectivity index (χ0n) is 10.1. The molecule has 1 aliphatic rings. The highest BCUT2D eigenvalue weighted by Gasteiger charge is 2.33. The molecule has 0 fully saturated rings. The average molecular weight is 251 g/mol. The summed E-state index contributed by atoms with van der Waals surface area (Å²) in [6.45, 7) is 7.64. The van der Waals surface area contributed by atoms with E-state index in [1.807, 2.05) is 20.8 Å². The molecule has 0 radical (unpaired) electrons. The summed E-state index contributed by atoms with van der Waals surface area (Å²) < 4.78 is 0. The van der Waals surface area contributed by atoms with E-state index in [1.54, 1.807) is 6.92 Å². The lowest BCUT2D eigenvalue weighted by Gasteiger charge is -2.13. The summed E-state index contributed by atoms with van der Waals surface area (Å²) >= 11 is 1.28. The van der Waals surface area contributed by atoms with E-state index >= 15 is 0 Å². The Kier molecular flexibility index (Phi) is 2.61. The Balaban J connectivity index is 2.34. The monoisotopic (exact) mass is 251 g/mol. The van der Waals surface area contributed by atoms with Gasteiger partial charge in [0.25, 0.3) is 11.8 Å². The molecule has 0 unspecified atom stereocenters. The Bertz CT molecular complexity index is 525. The molecule has 0 saturated carbocycles. The van der Waals surface area contributed by atoms with Crippen LogP contribution in [-0.2, 0) is 15.0 Å². The highest BCUT2D eigenvalue weighted by Crippen LogP contribution is 2.31. The number of aromatic nitrogens is 2. The van der Waals surface area contributed by atoms with E-state index in [4.69, 9.17) is 0 Å². The molecule has 90 valence electrons. The predicted octanol–water partition coefficient (Wildman–Crippen LogP) is 1.66. The van der Waals surface area contributed by atoms with E-state index in [0.717, 1.165) is 9.91 Å². The summed E-state index contributed by atoms with van der Waals surface area (Å²) in [5.41, 5.74) is 0.298. The molecule has 0 aromatic carbocycles. The summed E-state index contributed by atoms with van der Waals surface area (Å²) in [6, 6.07) is 0. The number of anilines is 1. The highest BCUT2D eigenvalue weighted by molar-refractivity contribution is 7.15. The lowest BCUT2D eigenvalue weighted by atomic mass is 9.98. The first-order valence-corrected chi connectivity index (χ1v) is 6.03. The molecule has 2 rings (SSSR count). The SMILES string of the molecule is CC1=CC(=O)N(c2nnc(C(C)(C)C)s2)C1=O. The normalized spacial score (nSPS) is 16.7. The van der Waals surface area contributed by atoms with Gasteiger partial charge in [-0.2, -0.15) is 0 Å². The van der Waals surface area contributed by atoms with E-state index in [-0.39, 0.29) is 17.2 Å². The molecule has 0 bridgehead atoms. The van der Waals surface area contributed by atoms with Crippen molar-refractivity contribution >= 4 is 28.3 Å². The van der Waals surface area contributed by atoms with Crippen molar-refractivity contribution in [3.05, 3.63) is 16.7 Å². The quantitative estimate of drug-likeness (QED) is 0.712. The number of rotatable bonds is 1. The lowest BCUT2D eigenvalue weighted by Crippen LogP contribution is -2.30. The molecule has 0 N–H and O–H groups in total. The van der Waals surface area contributed by atoms with Gasteiger partial charge in [-0.3, -0.25) is 9.59 Å². The van der Waals surface area contributed by atoms with Crippen LogP contribution in [0.15, 0.2) is 11.6 Å². The van der Waals surface area contributed by atoms with Gasteiger partial charge in [0.2, 0.25) is 5.13 Å². The van der Waals surface area contributed by atoms with Crippen molar-refractivity contribution < 1.29 is 9.59 Å². The van der Waals surface area contributed by atoms with Gasteiger partial charge < -0.3 is 0 Å². The van der Waals surface area contributed by atoms with Gasteiger partial charge in [0, 0.05) is 17.1 Å². The van der Waals surface area contributed by atoms with E-state index in [0.29, 0.717) is 10.7 Å². The zero-order valence-corrected chi connectivity index (χ0v) is 11.0. The standard InChI is InChI=1S/C11H13N3O2S/c1-6-5-7(15)14(8(6)16)10-13-12-9(17-10)11(2,3)4/h5H,1-4H3. The first-order chi connectivity index (χ1) is 7.80. The lowest BCUT2D eigenvalue weighted by molar-refractivity contribution is -0.120. The highest BCUT2D eigenvalue weighted by atomic mass is 32.1. The van der Waals surface area contributed by atoms with Crippen molar-refractivity contribution in [3.8, 4) is 0 Å². The Hall–Kier alpha value is -1.56. The van der Waals surface area contributed by atoms with Crippen LogP contribution in [0, 0.1) is 0 Å². The summed E-state index contributed by atoms with van der Waals surface area (Å²) in [4.78, 5) is 24.4. The molecule has 2 amide bonds. The van der Waals surface area contributed by atoms with Crippen molar-refractivity contribution in [3.63, 3.8) is 0 Å². The van der Waals surface area contributed by atoms with Gasteiger partial charge in [0.05, 0.1) is 0 Å². The molecular formula is C11H13N3O2S. The van der Waals surface area contributed by atoms with Crippen LogP contribution < -0.4 is 4.90 Å². The van der Waals surface area contributed by atoms with Crippen molar-refractivity contribution in [2.75, 3.05) is 4.90 Å². The largest absolute Gasteiger partial charge is 0.269 e. The second-order valence-corrected chi connectivity index (χ2v) is 5.90. The fourth-order valence-electron chi connectivity index (χ4n) is 1.38. The van der Waals surface area contributed by atoms with Crippen LogP contribution in [0.5, 0.6) is 0 Å². The summed E-state index contributed by atoms with van der Waals surface area (Å²) in [5.74, 6) is -0.657. The first kappa shape index (κ1) is 11.9. The van der Waals surface area contributed by atoms with Crippen LogP contribution in [0.3, 0.4) is 0 Å². The van der Waals surface area contributed by atoms with E-state index < -0.39 is 0 Å². The van der Waals surface area contributed by atoms with Gasteiger partial charge in [-0.15, -0.1) is 10.2 Å². The predicted molar refractivity (Wildman–Crippen MR) is 64.9 cm³/mol. The third kappa shape index (κ3) is 2.00. The van der Waals surface area contributed by atoms with Crippen LogP contribution in [0.4, 0.5) is 5.13 Å². The topological polar surface area (TPSA) is 63.2 Å². The number of hydrogen-bond acceptors (Lipinski definition) is 5. The summed E-state index contributed by atoms with van der Waals surface area (Å²) in [5, 5.41) is 9.09. The van der Waals surface area contributed by atoms with Gasteiger partial charge in [-0.1, -0.05) is 32.1 Å². The van der Waals surface area contributed by atoms with Gasteiger partial charge in [-0.25, -0.2) is 4.90 Å². The van der Waals surface area contributed by atoms with E-state index in [1.165, 1.54) is 17.4 Å². The van der Waals surface area contributed by atoms with Crippen molar-refractivity contribution in [1.82, 2.24) is 10.2 Å². The van der Waals surface area contributed by atoms with Crippen LogP contribution >= 0.6 is 11.3 Å². The van der Waals surface area contributed by atoms with Crippen molar-refractivity contribution in [2.45, 2.75) is 33.1 Å². The smallest absolute Gasteiger partial charge is 0.263 e. The summed E-state index contributed by atoms with van der Waals surface area (Å²) in [7, 11) is 0. The first-order valence-electron chi connectivity index (χ1n) is 5.21. The Morgan fingerprint density at radius 2 is 1.88 bits per heavy atom. The van der Waals surface area contributed by atoms with Crippen LogP contribution in [0.2, 0.25) is 0 Å². The maximum Gasteiger partial charge on any atom is 0.263 e. The van der Waals surface area contributed by atoms with Crippen LogP contribution in [0.25, 0.3) is 0 Å². The number of amides is 2. The average Bonchev–Trinajstić information content (AvgIpc) is 2.73. The second kappa shape index (κ2) is 3.73. The molecule has 0 spiro atoms. The van der Waals surface area contributed by atoms with E-state index in [2.05, 4.69) is 10.2 Å². The molecule has 1 aromatic heterocycles. The molecule has 17 heavy (non-hydrogen) atoms. The second-order valence-electron chi connectivity index (χ2n) is 4.95. The van der Waals surface area contributed by atoms with Gasteiger partial charge in [0.1, 0.15) is 5.01 Å². The third-order valence-corrected chi connectivity index (χ3v) is 3.68. The van der Waals surface area contributed by atoms with Crippen LogP contribution in [0.1, 0.15) is 32.7 Å². The number of carbonyl (C=O) groups is 2. The zero-order chi connectivity index (χ0) is 12.8. The number of nitrogens with zero attached hydrogens (tertiary/aromatic N) is 3. The van der Waals surface area contributed by atoms with Gasteiger partial charge in [0.15, 0.2) is 0 Å². The number of imide groups is 1. The number of hydrogen-bond donors (Lipinski definition) is 0. The third-order valence-electron chi connectivity index (χ3n) is 2.35. The van der Waals surface area contributed by atoms with Crippen molar-refractivity contribution in [2.24, 2.45) is 0 Å². The maximum atomic E-state index is 11.8. The Morgan fingerprint density at radius 1 is 1.24 bits per heavy atom. The molecule has 0 saturated heterocycles. The number of carbonyl (C=O) groups excluding carboxylic acids is 2. The fourth-order valence-corrected chi connectivity index (χ4v) is 2.28. The minimum Gasteiger partial charge on any atom is -0.269 e. The molecule has 5 nitrogen and oxygen atoms in total. The fraction of sp³-hybridized carbons (Fsp3) is 0.455. The molecule has 6 heteroatoms. The molecule has 2 heterocycles. The molecule has 0 atom stereocenters. The minimum atomic E-state index is -0.343. The van der Waals surface area contributed by atoms with Crippen molar-refractivity contribution in [1.29, 1.82) is 0 Å². The minimum absolute atomic E-state index is 0.135. The maximum absolute atomic E-state index is 11.8. The Labute approximate surface area is 103 Å². The molecule has 0 aliphatic carbocycles. The van der Waals surface area contributed by atoms with E-state index in [9.17, 15) is 9.59 Å².